The van der Waals surface area contributed by atoms with Crippen molar-refractivity contribution in [1.29, 1.82) is 0 Å². The maximum absolute atomic E-state index is 4.43. The Morgan fingerprint density at radius 3 is 2.18 bits per heavy atom. The van der Waals surface area contributed by atoms with E-state index in [1.807, 2.05) is 91.0 Å². The molecule has 1 N–H and O–H groups in total. The maximum Gasteiger partial charge on any atom is 0.176 e. The van der Waals surface area contributed by atoms with E-state index in [0.29, 0.717) is 5.82 Å². The van der Waals surface area contributed by atoms with Crippen molar-refractivity contribution in [1.82, 2.24) is 10.2 Å². The minimum atomic E-state index is 0.617. The molecule has 0 aliphatic rings. The largest absolute Gasteiger partial charge is 0.259 e. The van der Waals surface area contributed by atoms with E-state index in [0.717, 1.165) is 32.1 Å². The standard InChI is InChI=1S/C23H17BrN4/c24-19(15-17-9-3-1-4-10-17)16-25-27-23-21-14-8-7-13-20(21)22(26-28-23)18-11-5-2-6-12-18/h1-16H,(H,27,28)/b19-15-,25-16+. The van der Waals surface area contributed by atoms with Crippen LogP contribution in [0.3, 0.4) is 0 Å². The Hall–Kier alpha value is -3.31. The van der Waals surface area contributed by atoms with Crippen molar-refractivity contribution in [2.45, 2.75) is 0 Å². The van der Waals surface area contributed by atoms with Crippen LogP contribution in [0.1, 0.15) is 5.56 Å². The van der Waals surface area contributed by atoms with Crippen molar-refractivity contribution in [3.05, 3.63) is 95.0 Å². The fraction of sp³-hybridized carbons (Fsp3) is 0. The zero-order valence-corrected chi connectivity index (χ0v) is 16.5. The number of benzene rings is 3. The van der Waals surface area contributed by atoms with E-state index in [1.165, 1.54) is 0 Å². The molecule has 1 heterocycles. The molecular weight excluding hydrogens is 412 g/mol. The van der Waals surface area contributed by atoms with E-state index in [1.54, 1.807) is 6.21 Å². The summed E-state index contributed by atoms with van der Waals surface area (Å²) in [7, 11) is 0. The van der Waals surface area contributed by atoms with Crippen LogP contribution in [-0.2, 0) is 0 Å². The number of fused-ring (bicyclic) bond motifs is 1. The van der Waals surface area contributed by atoms with Crippen molar-refractivity contribution in [2.24, 2.45) is 5.10 Å². The van der Waals surface area contributed by atoms with E-state index in [4.69, 9.17) is 0 Å². The summed E-state index contributed by atoms with van der Waals surface area (Å²) in [4.78, 5) is 0. The van der Waals surface area contributed by atoms with Gasteiger partial charge in [-0.3, -0.25) is 5.43 Å². The van der Waals surface area contributed by atoms with Crippen LogP contribution in [0.2, 0.25) is 0 Å². The molecule has 0 fully saturated rings. The summed E-state index contributed by atoms with van der Waals surface area (Å²) < 4.78 is 0.851. The number of hydrazone groups is 1. The van der Waals surface area contributed by atoms with Gasteiger partial charge in [-0.2, -0.15) is 5.10 Å². The molecule has 0 aliphatic carbocycles. The molecule has 0 atom stereocenters. The number of halogens is 1. The Morgan fingerprint density at radius 2 is 1.43 bits per heavy atom. The molecule has 4 rings (SSSR count). The fourth-order valence-corrected chi connectivity index (χ4v) is 3.26. The quantitative estimate of drug-likeness (QED) is 0.307. The predicted molar refractivity (Wildman–Crippen MR) is 120 cm³/mol. The van der Waals surface area contributed by atoms with E-state index >= 15 is 0 Å². The minimum Gasteiger partial charge on any atom is -0.259 e. The molecule has 1 aromatic heterocycles. The van der Waals surface area contributed by atoms with Crippen molar-refractivity contribution < 1.29 is 0 Å². The lowest BCUT2D eigenvalue weighted by molar-refractivity contribution is 1.05. The minimum absolute atomic E-state index is 0.617. The highest BCUT2D eigenvalue weighted by atomic mass is 79.9. The van der Waals surface area contributed by atoms with Gasteiger partial charge in [0.25, 0.3) is 0 Å². The first kappa shape index (κ1) is 18.1. The Balaban J connectivity index is 1.61. The number of hydrogen-bond donors (Lipinski definition) is 1. The average molecular weight is 429 g/mol. The van der Waals surface area contributed by atoms with Crippen LogP contribution in [0.25, 0.3) is 28.1 Å². The van der Waals surface area contributed by atoms with Crippen molar-refractivity contribution in [3.8, 4) is 11.3 Å². The van der Waals surface area contributed by atoms with Crippen LogP contribution in [0.15, 0.2) is 94.5 Å². The van der Waals surface area contributed by atoms with Crippen molar-refractivity contribution in [3.63, 3.8) is 0 Å². The fourth-order valence-electron chi connectivity index (χ4n) is 2.90. The van der Waals surface area contributed by atoms with Gasteiger partial charge in [0.15, 0.2) is 5.82 Å². The number of anilines is 1. The maximum atomic E-state index is 4.43. The van der Waals surface area contributed by atoms with Crippen LogP contribution in [0, 0.1) is 0 Å². The molecule has 0 bridgehead atoms. The van der Waals surface area contributed by atoms with Gasteiger partial charge >= 0.3 is 0 Å². The van der Waals surface area contributed by atoms with Crippen LogP contribution in [0.5, 0.6) is 0 Å². The summed E-state index contributed by atoms with van der Waals surface area (Å²) in [6.07, 6.45) is 3.70. The molecule has 0 unspecified atom stereocenters. The molecule has 0 radical (unpaired) electrons. The zero-order valence-electron chi connectivity index (χ0n) is 15.0. The highest BCUT2D eigenvalue weighted by Crippen LogP contribution is 2.29. The van der Waals surface area contributed by atoms with E-state index in [9.17, 15) is 0 Å². The van der Waals surface area contributed by atoms with Crippen molar-refractivity contribution >= 4 is 44.8 Å². The smallest absolute Gasteiger partial charge is 0.176 e. The number of allylic oxidation sites excluding steroid dienone is 1. The molecule has 4 aromatic rings. The van der Waals surface area contributed by atoms with Crippen LogP contribution in [0.4, 0.5) is 5.82 Å². The van der Waals surface area contributed by atoms with E-state index < -0.39 is 0 Å². The molecule has 3 aromatic carbocycles. The summed E-state index contributed by atoms with van der Waals surface area (Å²) in [5.41, 5.74) is 6.00. The number of rotatable bonds is 5. The highest BCUT2D eigenvalue weighted by Gasteiger charge is 2.09. The average Bonchev–Trinajstić information content (AvgIpc) is 2.75. The second-order valence-corrected chi connectivity index (χ2v) is 7.03. The van der Waals surface area contributed by atoms with Crippen LogP contribution < -0.4 is 5.43 Å². The molecule has 0 saturated carbocycles. The Bertz CT molecular complexity index is 1140. The lowest BCUT2D eigenvalue weighted by Gasteiger charge is -2.08. The number of hydrogen-bond acceptors (Lipinski definition) is 4. The van der Waals surface area contributed by atoms with Gasteiger partial charge in [0.1, 0.15) is 5.69 Å². The summed E-state index contributed by atoms with van der Waals surface area (Å²) in [5.74, 6) is 0.617. The lowest BCUT2D eigenvalue weighted by atomic mass is 10.0. The first-order valence-electron chi connectivity index (χ1n) is 8.83. The van der Waals surface area contributed by atoms with Gasteiger partial charge in [0.2, 0.25) is 0 Å². The molecular formula is C23H17BrN4. The molecule has 0 spiro atoms. The Morgan fingerprint density at radius 1 is 0.786 bits per heavy atom. The Kier molecular flexibility index (Phi) is 5.54. The lowest BCUT2D eigenvalue weighted by Crippen LogP contribution is -1.98. The second-order valence-electron chi connectivity index (χ2n) is 6.12. The number of nitrogens with one attached hydrogen (secondary N) is 1. The molecule has 5 heteroatoms. The van der Waals surface area contributed by atoms with E-state index in [2.05, 4.69) is 36.7 Å². The van der Waals surface area contributed by atoms with Gasteiger partial charge in [-0.25, -0.2) is 0 Å². The molecule has 28 heavy (non-hydrogen) atoms. The summed E-state index contributed by atoms with van der Waals surface area (Å²) in [6, 6.07) is 28.2. The monoisotopic (exact) mass is 428 g/mol. The first-order valence-corrected chi connectivity index (χ1v) is 9.63. The van der Waals surface area contributed by atoms with Gasteiger partial charge in [-0.05, 0) is 27.6 Å². The molecule has 4 nitrogen and oxygen atoms in total. The topological polar surface area (TPSA) is 50.2 Å². The zero-order chi connectivity index (χ0) is 19.2. The first-order chi connectivity index (χ1) is 13.8. The molecule has 0 amide bonds. The normalized spacial score (nSPS) is 11.8. The highest BCUT2D eigenvalue weighted by molar-refractivity contribution is 9.12. The van der Waals surface area contributed by atoms with E-state index in [-0.39, 0.29) is 0 Å². The third-order valence-corrected chi connectivity index (χ3v) is 4.63. The summed E-state index contributed by atoms with van der Waals surface area (Å²) in [5, 5.41) is 15.1. The third kappa shape index (κ3) is 4.15. The van der Waals surface area contributed by atoms with Gasteiger partial charge < -0.3 is 0 Å². The third-order valence-electron chi connectivity index (χ3n) is 4.20. The molecule has 0 saturated heterocycles. The van der Waals surface area contributed by atoms with Crippen molar-refractivity contribution in [2.75, 3.05) is 5.43 Å². The van der Waals surface area contributed by atoms with Crippen LogP contribution in [-0.4, -0.2) is 16.4 Å². The predicted octanol–water partition coefficient (Wildman–Crippen LogP) is 6.13. The van der Waals surface area contributed by atoms with Gasteiger partial charge in [-0.15, -0.1) is 10.2 Å². The summed E-state index contributed by atoms with van der Waals surface area (Å²) in [6.45, 7) is 0. The van der Waals surface area contributed by atoms with Gasteiger partial charge in [0, 0.05) is 20.8 Å². The van der Waals surface area contributed by atoms with Gasteiger partial charge in [-0.1, -0.05) is 84.9 Å². The number of nitrogens with zero attached hydrogens (tertiary/aromatic N) is 3. The molecule has 0 aliphatic heterocycles. The SMILES string of the molecule is BrC(=C\c1ccccc1)/C=N/Nc1nnc(-c2ccccc2)c2ccccc12. The number of aromatic nitrogens is 2. The second kappa shape index (κ2) is 8.59. The summed E-state index contributed by atoms with van der Waals surface area (Å²) >= 11 is 3.52. The van der Waals surface area contributed by atoms with Crippen LogP contribution >= 0.6 is 15.9 Å². The van der Waals surface area contributed by atoms with Gasteiger partial charge in [0.05, 0.1) is 6.21 Å². The molecule has 136 valence electrons. The Labute approximate surface area is 171 Å².